The van der Waals surface area contributed by atoms with E-state index in [9.17, 15) is 4.79 Å². The Morgan fingerprint density at radius 2 is 2.35 bits per heavy atom. The Kier molecular flexibility index (Phi) is 5.43. The van der Waals surface area contributed by atoms with E-state index >= 15 is 0 Å². The monoisotopic (exact) mass is 274 g/mol. The lowest BCUT2D eigenvalue weighted by Crippen LogP contribution is -2.56. The summed E-state index contributed by atoms with van der Waals surface area (Å²) in [6, 6.07) is 2.74. The van der Waals surface area contributed by atoms with Gasteiger partial charge < -0.3 is 10.2 Å². The normalized spacial score (nSPS) is 24.2. The zero-order valence-electron chi connectivity index (χ0n) is 10.2. The van der Waals surface area contributed by atoms with E-state index in [2.05, 4.69) is 19.2 Å². The molecule has 0 spiro atoms. The molecule has 2 rings (SSSR count). The van der Waals surface area contributed by atoms with Crippen LogP contribution in [0.3, 0.4) is 0 Å². The van der Waals surface area contributed by atoms with Gasteiger partial charge in [-0.05, 0) is 36.2 Å². The van der Waals surface area contributed by atoms with Crippen molar-refractivity contribution < 1.29 is 4.79 Å². The molecule has 0 saturated carbocycles. The fourth-order valence-corrected chi connectivity index (χ4v) is 2.71. The van der Waals surface area contributed by atoms with Gasteiger partial charge in [-0.15, -0.1) is 12.4 Å². The average Bonchev–Trinajstić information content (AvgIpc) is 2.74. The molecule has 1 amide bonds. The Labute approximate surface area is 113 Å². The lowest BCUT2D eigenvalue weighted by molar-refractivity contribution is -0.133. The number of hydrogen-bond acceptors (Lipinski definition) is 3. The molecule has 96 valence electrons. The van der Waals surface area contributed by atoms with Gasteiger partial charge in [0, 0.05) is 25.2 Å². The number of nitrogens with one attached hydrogen (secondary N) is 1. The number of piperazine rings is 1. The highest BCUT2D eigenvalue weighted by atomic mass is 35.5. The fourth-order valence-electron chi connectivity index (χ4n) is 2.04. The predicted molar refractivity (Wildman–Crippen MR) is 73.9 cm³/mol. The lowest BCUT2D eigenvalue weighted by Gasteiger charge is -2.37. The first-order chi connectivity index (χ1) is 7.66. The smallest absolute Gasteiger partial charge is 0.227 e. The maximum atomic E-state index is 12.1. The van der Waals surface area contributed by atoms with E-state index in [1.54, 1.807) is 11.3 Å². The van der Waals surface area contributed by atoms with Gasteiger partial charge in [0.1, 0.15) is 0 Å². The van der Waals surface area contributed by atoms with Crippen LogP contribution in [0, 0.1) is 0 Å². The second-order valence-electron chi connectivity index (χ2n) is 4.51. The van der Waals surface area contributed by atoms with Gasteiger partial charge in [0.15, 0.2) is 0 Å². The second-order valence-corrected chi connectivity index (χ2v) is 5.29. The van der Waals surface area contributed by atoms with Gasteiger partial charge in [-0.25, -0.2) is 0 Å². The third kappa shape index (κ3) is 3.69. The van der Waals surface area contributed by atoms with Crippen molar-refractivity contribution in [3.63, 3.8) is 0 Å². The van der Waals surface area contributed by atoms with Crippen molar-refractivity contribution in [2.45, 2.75) is 32.4 Å². The SMILES string of the molecule is CC1CN(C(=O)Cc2ccsc2)C(C)CN1.Cl. The van der Waals surface area contributed by atoms with Crippen LogP contribution in [0.5, 0.6) is 0 Å². The van der Waals surface area contributed by atoms with Gasteiger partial charge in [-0.1, -0.05) is 0 Å². The van der Waals surface area contributed by atoms with Gasteiger partial charge in [-0.2, -0.15) is 11.3 Å². The van der Waals surface area contributed by atoms with E-state index < -0.39 is 0 Å². The number of halogens is 1. The molecular weight excluding hydrogens is 256 g/mol. The van der Waals surface area contributed by atoms with Crippen LogP contribution in [0.25, 0.3) is 0 Å². The zero-order valence-corrected chi connectivity index (χ0v) is 11.8. The van der Waals surface area contributed by atoms with E-state index in [-0.39, 0.29) is 18.3 Å². The molecule has 5 heteroatoms. The van der Waals surface area contributed by atoms with Crippen LogP contribution in [0.15, 0.2) is 16.8 Å². The third-order valence-electron chi connectivity index (χ3n) is 3.02. The zero-order chi connectivity index (χ0) is 11.5. The Balaban J connectivity index is 0.00000144. The molecular formula is C12H19ClN2OS. The summed E-state index contributed by atoms with van der Waals surface area (Å²) in [5.74, 6) is 0.249. The summed E-state index contributed by atoms with van der Waals surface area (Å²) < 4.78 is 0. The summed E-state index contributed by atoms with van der Waals surface area (Å²) in [6.45, 7) is 5.95. The summed E-state index contributed by atoms with van der Waals surface area (Å²) in [5, 5.41) is 7.45. The van der Waals surface area contributed by atoms with Crippen LogP contribution in [0.4, 0.5) is 0 Å². The van der Waals surface area contributed by atoms with E-state index in [0.717, 1.165) is 18.7 Å². The van der Waals surface area contributed by atoms with E-state index in [0.29, 0.717) is 18.5 Å². The molecule has 1 saturated heterocycles. The van der Waals surface area contributed by atoms with Gasteiger partial charge in [0.05, 0.1) is 6.42 Å². The molecule has 0 aromatic carbocycles. The minimum atomic E-state index is 0. The van der Waals surface area contributed by atoms with E-state index in [1.165, 1.54) is 0 Å². The molecule has 1 N–H and O–H groups in total. The van der Waals surface area contributed by atoms with E-state index in [1.807, 2.05) is 21.7 Å². The molecule has 0 radical (unpaired) electrons. The maximum Gasteiger partial charge on any atom is 0.227 e. The standard InChI is InChI=1S/C12H18N2OS.ClH/c1-9-7-14(10(2)6-13-9)12(15)5-11-3-4-16-8-11;/h3-4,8-10,13H,5-7H2,1-2H3;1H. The lowest BCUT2D eigenvalue weighted by atomic mass is 10.1. The minimum absolute atomic E-state index is 0. The Morgan fingerprint density at radius 3 is 3.00 bits per heavy atom. The molecule has 1 aromatic heterocycles. The molecule has 2 heterocycles. The molecule has 0 bridgehead atoms. The van der Waals surface area contributed by atoms with Crippen molar-refractivity contribution in [2.24, 2.45) is 0 Å². The Morgan fingerprint density at radius 1 is 1.59 bits per heavy atom. The molecule has 1 fully saturated rings. The number of nitrogens with zero attached hydrogens (tertiary/aromatic N) is 1. The summed E-state index contributed by atoms with van der Waals surface area (Å²) in [6.07, 6.45) is 0.542. The number of carbonyl (C=O) groups is 1. The van der Waals surface area contributed by atoms with Gasteiger partial charge in [0.25, 0.3) is 0 Å². The number of thiophene rings is 1. The molecule has 1 aromatic rings. The topological polar surface area (TPSA) is 32.3 Å². The Bertz CT molecular complexity index is 355. The number of carbonyl (C=O) groups excluding carboxylic acids is 1. The summed E-state index contributed by atoms with van der Waals surface area (Å²) in [4.78, 5) is 14.1. The first-order valence-corrected chi connectivity index (χ1v) is 6.65. The molecule has 2 atom stereocenters. The van der Waals surface area contributed by atoms with Crippen molar-refractivity contribution in [2.75, 3.05) is 13.1 Å². The average molecular weight is 275 g/mol. The van der Waals surface area contributed by atoms with Crippen molar-refractivity contribution >= 4 is 29.7 Å². The third-order valence-corrected chi connectivity index (χ3v) is 3.75. The summed E-state index contributed by atoms with van der Waals surface area (Å²) in [7, 11) is 0. The summed E-state index contributed by atoms with van der Waals surface area (Å²) in [5.41, 5.74) is 1.13. The minimum Gasteiger partial charge on any atom is -0.337 e. The number of rotatable bonds is 2. The number of amides is 1. The highest BCUT2D eigenvalue weighted by Crippen LogP contribution is 2.12. The predicted octanol–water partition coefficient (Wildman–Crippen LogP) is 1.92. The first kappa shape index (κ1) is 14.5. The number of hydrogen-bond donors (Lipinski definition) is 1. The second kappa shape index (κ2) is 6.38. The molecule has 3 nitrogen and oxygen atoms in total. The van der Waals surface area contributed by atoms with Crippen molar-refractivity contribution in [1.82, 2.24) is 10.2 Å². The highest BCUT2D eigenvalue weighted by Gasteiger charge is 2.26. The maximum absolute atomic E-state index is 12.1. The van der Waals surface area contributed by atoms with Gasteiger partial charge >= 0.3 is 0 Å². The van der Waals surface area contributed by atoms with Crippen LogP contribution in [-0.4, -0.2) is 36.0 Å². The molecule has 1 aliphatic rings. The molecule has 1 aliphatic heterocycles. The Hall–Kier alpha value is -0.580. The van der Waals surface area contributed by atoms with Crippen LogP contribution in [-0.2, 0) is 11.2 Å². The largest absolute Gasteiger partial charge is 0.337 e. The fraction of sp³-hybridized carbons (Fsp3) is 0.583. The van der Waals surface area contributed by atoms with Crippen LogP contribution < -0.4 is 5.32 Å². The van der Waals surface area contributed by atoms with Crippen LogP contribution >= 0.6 is 23.7 Å². The van der Waals surface area contributed by atoms with Crippen LogP contribution in [0.2, 0.25) is 0 Å². The van der Waals surface area contributed by atoms with Gasteiger partial charge in [0.2, 0.25) is 5.91 Å². The van der Waals surface area contributed by atoms with Crippen molar-refractivity contribution in [1.29, 1.82) is 0 Å². The van der Waals surface area contributed by atoms with E-state index in [4.69, 9.17) is 0 Å². The van der Waals surface area contributed by atoms with Crippen molar-refractivity contribution in [3.8, 4) is 0 Å². The van der Waals surface area contributed by atoms with Crippen molar-refractivity contribution in [3.05, 3.63) is 22.4 Å². The first-order valence-electron chi connectivity index (χ1n) is 5.70. The molecule has 2 unspecified atom stereocenters. The highest BCUT2D eigenvalue weighted by molar-refractivity contribution is 7.07. The molecule has 0 aliphatic carbocycles. The summed E-state index contributed by atoms with van der Waals surface area (Å²) >= 11 is 1.65. The molecule has 17 heavy (non-hydrogen) atoms. The van der Waals surface area contributed by atoms with Crippen LogP contribution in [0.1, 0.15) is 19.4 Å². The quantitative estimate of drug-likeness (QED) is 0.894. The van der Waals surface area contributed by atoms with Gasteiger partial charge in [-0.3, -0.25) is 4.79 Å².